The number of methoxy groups -OCH3 is 4. The Balaban J connectivity index is 2.07. The quantitative estimate of drug-likeness (QED) is 0.333. The summed E-state index contributed by atoms with van der Waals surface area (Å²) < 4.78 is 20.4. The fourth-order valence-corrected chi connectivity index (χ4v) is 4.97. The second kappa shape index (κ2) is 14.1. The SMILES string of the molecule is COC(CNC(=O)c1ccccc1SSc1ccccc1C(=O)NCC(OC)OC)OC. The molecule has 0 fully saturated rings. The number of hydrogen-bond donors (Lipinski definition) is 2. The molecule has 0 saturated heterocycles. The second-order valence-corrected chi connectivity index (χ2v) is 8.59. The molecule has 32 heavy (non-hydrogen) atoms. The van der Waals surface area contributed by atoms with Gasteiger partial charge in [0.2, 0.25) is 0 Å². The maximum Gasteiger partial charge on any atom is 0.252 e. The molecule has 0 aromatic heterocycles. The van der Waals surface area contributed by atoms with Gasteiger partial charge in [0.15, 0.2) is 12.6 Å². The van der Waals surface area contributed by atoms with Crippen LogP contribution in [0.5, 0.6) is 0 Å². The van der Waals surface area contributed by atoms with Gasteiger partial charge in [-0.1, -0.05) is 45.9 Å². The molecule has 0 aliphatic carbocycles. The smallest absolute Gasteiger partial charge is 0.252 e. The van der Waals surface area contributed by atoms with E-state index in [-0.39, 0.29) is 24.9 Å². The number of carbonyl (C=O) groups excluding carboxylic acids is 2. The van der Waals surface area contributed by atoms with Crippen molar-refractivity contribution in [2.45, 2.75) is 22.4 Å². The van der Waals surface area contributed by atoms with E-state index < -0.39 is 12.6 Å². The first-order valence-electron chi connectivity index (χ1n) is 9.74. The Hall–Kier alpha value is -2.08. The second-order valence-electron chi connectivity index (χ2n) is 6.38. The third kappa shape index (κ3) is 7.80. The van der Waals surface area contributed by atoms with Crippen molar-refractivity contribution in [3.05, 3.63) is 59.7 Å². The Morgan fingerprint density at radius 2 is 1.03 bits per heavy atom. The van der Waals surface area contributed by atoms with Gasteiger partial charge in [-0.15, -0.1) is 0 Å². The minimum atomic E-state index is -0.519. The zero-order valence-corrected chi connectivity index (χ0v) is 20.1. The largest absolute Gasteiger partial charge is 0.354 e. The number of amides is 2. The molecule has 2 aromatic rings. The van der Waals surface area contributed by atoms with E-state index in [2.05, 4.69) is 10.6 Å². The summed E-state index contributed by atoms with van der Waals surface area (Å²) in [6, 6.07) is 14.6. The van der Waals surface area contributed by atoms with Crippen LogP contribution < -0.4 is 10.6 Å². The highest BCUT2D eigenvalue weighted by atomic mass is 33.1. The van der Waals surface area contributed by atoms with Crippen LogP contribution in [0.15, 0.2) is 58.3 Å². The summed E-state index contributed by atoms with van der Waals surface area (Å²) in [5, 5.41) is 5.62. The van der Waals surface area contributed by atoms with Gasteiger partial charge in [-0.3, -0.25) is 9.59 Å². The Kier molecular flexibility index (Phi) is 11.6. The highest BCUT2D eigenvalue weighted by molar-refractivity contribution is 8.76. The zero-order valence-electron chi connectivity index (χ0n) is 18.5. The summed E-state index contributed by atoms with van der Waals surface area (Å²) in [6.45, 7) is 0.454. The molecule has 2 aromatic carbocycles. The molecule has 0 heterocycles. The Morgan fingerprint density at radius 3 is 1.38 bits per heavy atom. The molecule has 8 nitrogen and oxygen atoms in total. The molecule has 2 N–H and O–H groups in total. The van der Waals surface area contributed by atoms with Gasteiger partial charge in [0.25, 0.3) is 11.8 Å². The molecule has 174 valence electrons. The predicted molar refractivity (Wildman–Crippen MR) is 125 cm³/mol. The lowest BCUT2D eigenvalue weighted by molar-refractivity contribution is -0.0975. The number of carbonyl (C=O) groups is 2. The molecule has 2 rings (SSSR count). The van der Waals surface area contributed by atoms with Crippen LogP contribution >= 0.6 is 21.6 Å². The first kappa shape index (κ1) is 26.2. The van der Waals surface area contributed by atoms with Crippen LogP contribution in [0.2, 0.25) is 0 Å². The van der Waals surface area contributed by atoms with E-state index in [4.69, 9.17) is 18.9 Å². The lowest BCUT2D eigenvalue weighted by Crippen LogP contribution is -2.34. The van der Waals surface area contributed by atoms with Crippen LogP contribution in [-0.2, 0) is 18.9 Å². The van der Waals surface area contributed by atoms with Gasteiger partial charge < -0.3 is 29.6 Å². The lowest BCUT2D eigenvalue weighted by Gasteiger charge is -2.16. The van der Waals surface area contributed by atoms with Crippen molar-refractivity contribution in [2.24, 2.45) is 0 Å². The number of benzene rings is 2. The molecule has 10 heteroatoms. The fraction of sp³-hybridized carbons (Fsp3) is 0.364. The topological polar surface area (TPSA) is 95.1 Å². The van der Waals surface area contributed by atoms with Crippen LogP contribution in [0.1, 0.15) is 20.7 Å². The maximum absolute atomic E-state index is 12.7. The normalized spacial score (nSPS) is 11.1. The Morgan fingerprint density at radius 1 is 0.688 bits per heavy atom. The van der Waals surface area contributed by atoms with Crippen molar-refractivity contribution < 1.29 is 28.5 Å². The third-order valence-electron chi connectivity index (χ3n) is 4.39. The summed E-state index contributed by atoms with van der Waals surface area (Å²) in [6.07, 6.45) is -1.04. The van der Waals surface area contributed by atoms with E-state index in [0.29, 0.717) is 11.1 Å². The number of nitrogens with one attached hydrogen (secondary N) is 2. The van der Waals surface area contributed by atoms with Gasteiger partial charge in [-0.2, -0.15) is 0 Å². The van der Waals surface area contributed by atoms with Gasteiger partial charge in [-0.05, 0) is 24.3 Å². The monoisotopic (exact) mass is 480 g/mol. The van der Waals surface area contributed by atoms with E-state index in [1.165, 1.54) is 50.0 Å². The van der Waals surface area contributed by atoms with Crippen molar-refractivity contribution >= 4 is 33.4 Å². The van der Waals surface area contributed by atoms with E-state index in [1.807, 2.05) is 24.3 Å². The van der Waals surface area contributed by atoms with Gasteiger partial charge in [0.1, 0.15) is 0 Å². The molecular formula is C22H28N2O6S2. The Bertz CT molecular complexity index is 804. The van der Waals surface area contributed by atoms with E-state index in [0.717, 1.165) is 9.79 Å². The molecule has 0 aliphatic rings. The molecule has 0 unspecified atom stereocenters. The van der Waals surface area contributed by atoms with Gasteiger partial charge in [0.05, 0.1) is 24.2 Å². The summed E-state index contributed by atoms with van der Waals surface area (Å²) in [4.78, 5) is 26.9. The molecule has 0 spiro atoms. The highest BCUT2D eigenvalue weighted by Crippen LogP contribution is 2.40. The van der Waals surface area contributed by atoms with E-state index in [1.54, 1.807) is 24.3 Å². The van der Waals surface area contributed by atoms with E-state index >= 15 is 0 Å². The first-order valence-corrected chi connectivity index (χ1v) is 11.9. The molecule has 0 bridgehead atoms. The van der Waals surface area contributed by atoms with Gasteiger partial charge in [0, 0.05) is 38.2 Å². The van der Waals surface area contributed by atoms with Crippen molar-refractivity contribution in [3.63, 3.8) is 0 Å². The van der Waals surface area contributed by atoms with Crippen molar-refractivity contribution in [2.75, 3.05) is 41.5 Å². The lowest BCUT2D eigenvalue weighted by atomic mass is 10.2. The molecule has 0 saturated carbocycles. The van der Waals surface area contributed by atoms with E-state index in [9.17, 15) is 9.59 Å². The molecule has 0 atom stereocenters. The summed E-state index contributed by atoms with van der Waals surface area (Å²) >= 11 is 0. The number of ether oxygens (including phenoxy) is 4. The van der Waals surface area contributed by atoms with Crippen LogP contribution in [0.25, 0.3) is 0 Å². The number of rotatable bonds is 13. The maximum atomic E-state index is 12.7. The standard InChI is InChI=1S/C22H28N2O6S2/c1-27-19(28-2)13-23-21(25)15-9-5-7-11-17(15)31-32-18-12-8-6-10-16(18)22(26)24-14-20(29-3)30-4/h5-12,19-20H,13-14H2,1-4H3,(H,23,25)(H,24,26). The first-order chi connectivity index (χ1) is 15.5. The van der Waals surface area contributed by atoms with Crippen molar-refractivity contribution in [1.82, 2.24) is 10.6 Å². The third-order valence-corrected chi connectivity index (χ3v) is 6.88. The van der Waals surface area contributed by atoms with Crippen molar-refractivity contribution in [1.29, 1.82) is 0 Å². The molecule has 0 aliphatic heterocycles. The van der Waals surface area contributed by atoms with Crippen LogP contribution in [-0.4, -0.2) is 65.9 Å². The van der Waals surface area contributed by atoms with Crippen LogP contribution in [0.4, 0.5) is 0 Å². The Labute approximate surface area is 196 Å². The fourth-order valence-electron chi connectivity index (χ4n) is 2.61. The molecule has 2 amide bonds. The molecular weight excluding hydrogens is 452 g/mol. The highest BCUT2D eigenvalue weighted by Gasteiger charge is 2.17. The number of hydrogen-bond acceptors (Lipinski definition) is 8. The average molecular weight is 481 g/mol. The predicted octanol–water partition coefficient (Wildman–Crippen LogP) is 3.18. The minimum Gasteiger partial charge on any atom is -0.354 e. The average Bonchev–Trinajstić information content (AvgIpc) is 2.84. The summed E-state index contributed by atoms with van der Waals surface area (Å²) in [5.41, 5.74) is 1.06. The summed E-state index contributed by atoms with van der Waals surface area (Å²) in [5.74, 6) is -0.465. The minimum absolute atomic E-state index is 0.227. The van der Waals surface area contributed by atoms with Crippen LogP contribution in [0, 0.1) is 0 Å². The summed E-state index contributed by atoms with van der Waals surface area (Å²) in [7, 11) is 8.86. The zero-order chi connectivity index (χ0) is 23.3. The van der Waals surface area contributed by atoms with Crippen molar-refractivity contribution in [3.8, 4) is 0 Å². The van der Waals surface area contributed by atoms with Gasteiger partial charge >= 0.3 is 0 Å². The van der Waals surface area contributed by atoms with Gasteiger partial charge in [-0.25, -0.2) is 0 Å². The molecule has 0 radical (unpaired) electrons. The van der Waals surface area contributed by atoms with Crippen LogP contribution in [0.3, 0.4) is 0 Å².